The van der Waals surface area contributed by atoms with Gasteiger partial charge in [0.2, 0.25) is 0 Å². The molecule has 0 spiro atoms. The Hall–Kier alpha value is -2.46. The number of terminal acetylenes is 1. The molecule has 0 unspecified atom stereocenters. The molecule has 0 radical (unpaired) electrons. The lowest BCUT2D eigenvalue weighted by atomic mass is 9.78. The predicted molar refractivity (Wildman–Crippen MR) is 87.2 cm³/mol. The van der Waals surface area contributed by atoms with Gasteiger partial charge in [-0.2, -0.15) is 0 Å². The number of hydrogen-bond donors (Lipinski definition) is 0. The molecule has 2 atom stereocenters. The molecule has 1 heterocycles. The summed E-state index contributed by atoms with van der Waals surface area (Å²) < 4.78 is 5.91. The van der Waals surface area contributed by atoms with Gasteiger partial charge in [0.1, 0.15) is 5.75 Å². The van der Waals surface area contributed by atoms with Crippen molar-refractivity contribution in [2.75, 3.05) is 6.61 Å². The maximum atomic E-state index is 5.91. The Bertz CT molecular complexity index is 706. The Morgan fingerprint density at radius 3 is 2.71 bits per heavy atom. The average molecular weight is 274 g/mol. The third kappa shape index (κ3) is 2.45. The van der Waals surface area contributed by atoms with Crippen molar-refractivity contribution in [3.63, 3.8) is 0 Å². The quantitative estimate of drug-likeness (QED) is 0.736. The van der Waals surface area contributed by atoms with Crippen molar-refractivity contribution in [3.05, 3.63) is 71.8 Å². The van der Waals surface area contributed by atoms with Gasteiger partial charge in [-0.05, 0) is 24.1 Å². The molecule has 2 aromatic rings. The molecule has 0 saturated carbocycles. The van der Waals surface area contributed by atoms with Gasteiger partial charge in [0, 0.05) is 11.5 Å². The zero-order valence-corrected chi connectivity index (χ0v) is 12.2. The maximum absolute atomic E-state index is 5.91. The minimum Gasteiger partial charge on any atom is -0.493 e. The summed E-state index contributed by atoms with van der Waals surface area (Å²) in [6, 6.07) is 16.4. The Morgan fingerprint density at radius 1 is 1.24 bits per heavy atom. The second-order valence-corrected chi connectivity index (χ2v) is 5.49. The summed E-state index contributed by atoms with van der Waals surface area (Å²) in [5, 5.41) is 0. The van der Waals surface area contributed by atoms with E-state index in [9.17, 15) is 0 Å². The summed E-state index contributed by atoms with van der Waals surface area (Å²) in [6.45, 7) is 6.92. The number of hydrogen-bond acceptors (Lipinski definition) is 1. The smallest absolute Gasteiger partial charge is 0.123 e. The molecule has 0 saturated heterocycles. The van der Waals surface area contributed by atoms with Crippen LogP contribution in [0.25, 0.3) is 5.57 Å². The van der Waals surface area contributed by atoms with Crippen molar-refractivity contribution in [3.8, 4) is 18.1 Å². The molecule has 1 nitrogen and oxygen atoms in total. The molecule has 3 rings (SSSR count). The average Bonchev–Trinajstić information content (AvgIpc) is 2.53. The Balaban J connectivity index is 1.98. The van der Waals surface area contributed by atoms with E-state index in [-0.39, 0.29) is 11.8 Å². The predicted octanol–water partition coefficient (Wildman–Crippen LogP) is 4.43. The first kappa shape index (κ1) is 13.5. The molecule has 0 amide bonds. The number of rotatable bonds is 2. The van der Waals surface area contributed by atoms with E-state index < -0.39 is 0 Å². The fourth-order valence-electron chi connectivity index (χ4n) is 2.91. The van der Waals surface area contributed by atoms with Crippen LogP contribution in [0.2, 0.25) is 0 Å². The van der Waals surface area contributed by atoms with Crippen molar-refractivity contribution in [1.29, 1.82) is 0 Å². The van der Waals surface area contributed by atoms with Crippen molar-refractivity contribution in [2.24, 2.45) is 5.92 Å². The highest BCUT2D eigenvalue weighted by Crippen LogP contribution is 2.42. The van der Waals surface area contributed by atoms with E-state index in [1.807, 2.05) is 24.3 Å². The van der Waals surface area contributed by atoms with Crippen LogP contribution in [0.15, 0.2) is 55.1 Å². The first-order valence-corrected chi connectivity index (χ1v) is 7.14. The molecule has 0 fully saturated rings. The molecule has 1 aliphatic rings. The van der Waals surface area contributed by atoms with Crippen LogP contribution in [0, 0.1) is 25.2 Å². The summed E-state index contributed by atoms with van der Waals surface area (Å²) in [5.41, 5.74) is 4.47. The fourth-order valence-corrected chi connectivity index (χ4v) is 2.91. The highest BCUT2D eigenvalue weighted by molar-refractivity contribution is 5.68. The molecule has 0 aliphatic carbocycles. The van der Waals surface area contributed by atoms with Crippen LogP contribution >= 0.6 is 0 Å². The number of aryl methyl sites for hydroxylation is 1. The van der Waals surface area contributed by atoms with E-state index in [1.165, 1.54) is 5.56 Å². The largest absolute Gasteiger partial charge is 0.493 e. The minimum atomic E-state index is 0.0151. The monoisotopic (exact) mass is 274 g/mol. The van der Waals surface area contributed by atoms with Gasteiger partial charge in [0.25, 0.3) is 0 Å². The van der Waals surface area contributed by atoms with Crippen molar-refractivity contribution in [1.82, 2.24) is 0 Å². The minimum absolute atomic E-state index is 0.0151. The summed E-state index contributed by atoms with van der Waals surface area (Å²) in [5.74, 6) is 3.98. The Labute approximate surface area is 126 Å². The van der Waals surface area contributed by atoms with Gasteiger partial charge in [-0.3, -0.25) is 0 Å². The third-order valence-electron chi connectivity index (χ3n) is 4.09. The van der Waals surface area contributed by atoms with E-state index in [4.69, 9.17) is 11.2 Å². The molecule has 1 heteroatoms. The van der Waals surface area contributed by atoms with Crippen LogP contribution in [0.1, 0.15) is 22.6 Å². The molecule has 21 heavy (non-hydrogen) atoms. The molecule has 0 N–H and O–H groups in total. The second-order valence-electron chi connectivity index (χ2n) is 5.49. The van der Waals surface area contributed by atoms with E-state index >= 15 is 0 Å². The van der Waals surface area contributed by atoms with Crippen LogP contribution < -0.4 is 4.74 Å². The van der Waals surface area contributed by atoms with Gasteiger partial charge in [0.05, 0.1) is 12.5 Å². The first-order chi connectivity index (χ1) is 10.2. The van der Waals surface area contributed by atoms with E-state index in [0.717, 1.165) is 22.4 Å². The third-order valence-corrected chi connectivity index (χ3v) is 4.09. The van der Waals surface area contributed by atoms with Gasteiger partial charge in [-0.15, -0.1) is 6.42 Å². The maximum Gasteiger partial charge on any atom is 0.123 e. The summed E-state index contributed by atoms with van der Waals surface area (Å²) >= 11 is 0. The zero-order chi connectivity index (χ0) is 14.8. The number of fused-ring (bicyclic) bond motifs is 1. The fraction of sp³-hybridized carbons (Fsp3) is 0.200. The number of ether oxygens (including phenoxy) is 1. The van der Waals surface area contributed by atoms with Gasteiger partial charge < -0.3 is 4.74 Å². The lowest BCUT2D eigenvalue weighted by molar-refractivity contribution is 0.244. The summed E-state index contributed by atoms with van der Waals surface area (Å²) in [4.78, 5) is 0. The summed E-state index contributed by atoms with van der Waals surface area (Å²) in [6.07, 6.45) is 5.83. The van der Waals surface area contributed by atoms with Gasteiger partial charge in [-0.25, -0.2) is 0 Å². The highest BCUT2D eigenvalue weighted by Gasteiger charge is 2.31. The summed E-state index contributed by atoms with van der Waals surface area (Å²) in [7, 11) is 0. The van der Waals surface area contributed by atoms with Crippen LogP contribution in [0.5, 0.6) is 5.75 Å². The molecule has 104 valence electrons. The molecular weight excluding hydrogens is 256 g/mol. The SMILES string of the molecule is C#C[C@@H]1c2cc(C)ccc2OC[C@@H]1C(=C)c1ccccc1. The van der Waals surface area contributed by atoms with E-state index in [2.05, 4.69) is 43.7 Å². The van der Waals surface area contributed by atoms with Crippen molar-refractivity contribution in [2.45, 2.75) is 12.8 Å². The van der Waals surface area contributed by atoms with Crippen LogP contribution in [-0.2, 0) is 0 Å². The van der Waals surface area contributed by atoms with Crippen LogP contribution in [0.3, 0.4) is 0 Å². The van der Waals surface area contributed by atoms with Gasteiger partial charge in [-0.1, -0.05) is 60.5 Å². The van der Waals surface area contributed by atoms with Crippen molar-refractivity contribution >= 4 is 5.57 Å². The number of benzene rings is 2. The first-order valence-electron chi connectivity index (χ1n) is 7.14. The zero-order valence-electron chi connectivity index (χ0n) is 12.2. The Kier molecular flexibility index (Phi) is 3.54. The lowest BCUT2D eigenvalue weighted by Gasteiger charge is -2.32. The van der Waals surface area contributed by atoms with Crippen molar-refractivity contribution < 1.29 is 4.74 Å². The Morgan fingerprint density at radius 2 is 2.00 bits per heavy atom. The lowest BCUT2D eigenvalue weighted by Crippen LogP contribution is -2.26. The highest BCUT2D eigenvalue weighted by atomic mass is 16.5. The van der Waals surface area contributed by atoms with Crippen LogP contribution in [-0.4, -0.2) is 6.61 Å². The van der Waals surface area contributed by atoms with Gasteiger partial charge >= 0.3 is 0 Å². The van der Waals surface area contributed by atoms with E-state index in [0.29, 0.717) is 6.61 Å². The molecule has 0 aromatic heterocycles. The van der Waals surface area contributed by atoms with Gasteiger partial charge in [0.15, 0.2) is 0 Å². The van der Waals surface area contributed by atoms with E-state index in [1.54, 1.807) is 0 Å². The molecule has 1 aliphatic heterocycles. The topological polar surface area (TPSA) is 9.23 Å². The normalized spacial score (nSPS) is 20.0. The second kappa shape index (κ2) is 5.50. The van der Waals surface area contributed by atoms with Crippen LogP contribution in [0.4, 0.5) is 0 Å². The standard InChI is InChI=1S/C20H18O/c1-4-17-18-12-14(2)10-11-20(18)21-13-19(17)15(3)16-8-6-5-7-9-16/h1,5-12,17,19H,3,13H2,2H3/t17-,19-/m1/s1. The molecular formula is C20H18O. The molecule has 2 aromatic carbocycles. The molecule has 0 bridgehead atoms.